The summed E-state index contributed by atoms with van der Waals surface area (Å²) < 4.78 is 0. The molecule has 2 aliphatic rings. The van der Waals surface area contributed by atoms with Crippen LogP contribution in [0, 0.1) is 0 Å². The Labute approximate surface area is 160 Å². The lowest BCUT2D eigenvalue weighted by molar-refractivity contribution is 0.0637. The minimum Gasteiger partial charge on any atom is -0.336 e. The molecule has 1 fully saturated rings. The van der Waals surface area contributed by atoms with E-state index in [9.17, 15) is 4.79 Å². The molecule has 0 N–H and O–H groups in total. The molecule has 1 aliphatic carbocycles. The minimum absolute atomic E-state index is 0.110. The van der Waals surface area contributed by atoms with Gasteiger partial charge < -0.3 is 4.90 Å². The van der Waals surface area contributed by atoms with Crippen molar-refractivity contribution in [1.82, 2.24) is 14.8 Å². The molecule has 1 aromatic heterocycles. The Bertz CT molecular complexity index is 828. The summed E-state index contributed by atoms with van der Waals surface area (Å²) in [5, 5.41) is 1.80. The maximum absolute atomic E-state index is 12.9. The number of rotatable bonds is 3. The zero-order chi connectivity index (χ0) is 18.1. The average molecular weight is 372 g/mol. The number of carbonyl (C=O) groups is 1. The first-order valence-electron chi connectivity index (χ1n) is 9.80. The Morgan fingerprint density at radius 3 is 2.69 bits per heavy atom. The summed E-state index contributed by atoms with van der Waals surface area (Å²) in [6, 6.07) is 5.81. The maximum atomic E-state index is 12.9. The van der Waals surface area contributed by atoms with E-state index in [0.29, 0.717) is 0 Å². The predicted octanol–water partition coefficient (Wildman–Crippen LogP) is 3.93. The maximum Gasteiger partial charge on any atom is 0.254 e. The highest BCUT2D eigenvalue weighted by Gasteiger charge is 2.23. The van der Waals surface area contributed by atoms with Crippen LogP contribution in [0.25, 0.3) is 10.9 Å². The van der Waals surface area contributed by atoms with Crippen molar-refractivity contribution >= 4 is 28.4 Å². The van der Waals surface area contributed by atoms with E-state index in [1.54, 1.807) is 0 Å². The first-order chi connectivity index (χ1) is 12.7. The molecule has 4 nitrogen and oxygen atoms in total. The van der Waals surface area contributed by atoms with Crippen LogP contribution in [0.1, 0.15) is 47.8 Å². The number of aryl methyl sites for hydroxylation is 1. The Morgan fingerprint density at radius 2 is 1.92 bits per heavy atom. The quantitative estimate of drug-likeness (QED) is 0.820. The van der Waals surface area contributed by atoms with Gasteiger partial charge in [-0.1, -0.05) is 24.6 Å². The third kappa shape index (κ3) is 3.33. The predicted molar refractivity (Wildman–Crippen MR) is 106 cm³/mol. The summed E-state index contributed by atoms with van der Waals surface area (Å²) >= 11 is 6.65. The fraction of sp³-hybridized carbons (Fsp3) is 0.524. The molecule has 1 aromatic carbocycles. The molecule has 2 heterocycles. The molecule has 1 saturated heterocycles. The lowest BCUT2D eigenvalue weighted by Crippen LogP contribution is -2.48. The van der Waals surface area contributed by atoms with Gasteiger partial charge in [0.15, 0.2) is 0 Å². The highest BCUT2D eigenvalue weighted by atomic mass is 35.5. The monoisotopic (exact) mass is 371 g/mol. The molecule has 0 radical (unpaired) electrons. The largest absolute Gasteiger partial charge is 0.336 e. The van der Waals surface area contributed by atoms with E-state index in [1.807, 2.05) is 23.1 Å². The van der Waals surface area contributed by atoms with Crippen LogP contribution in [0.5, 0.6) is 0 Å². The van der Waals surface area contributed by atoms with Gasteiger partial charge in [0, 0.05) is 42.8 Å². The highest BCUT2D eigenvalue weighted by Crippen LogP contribution is 2.33. The Balaban J connectivity index is 1.58. The van der Waals surface area contributed by atoms with Gasteiger partial charge in [0.2, 0.25) is 0 Å². The average Bonchev–Trinajstić information content (AvgIpc) is 2.68. The van der Waals surface area contributed by atoms with E-state index in [0.717, 1.165) is 79.2 Å². The number of fused-ring (bicyclic) bond motifs is 2. The van der Waals surface area contributed by atoms with Gasteiger partial charge in [-0.25, -0.2) is 0 Å². The van der Waals surface area contributed by atoms with E-state index < -0.39 is 0 Å². The number of piperazine rings is 1. The second-order valence-electron chi connectivity index (χ2n) is 7.42. The van der Waals surface area contributed by atoms with Crippen LogP contribution in [-0.2, 0) is 12.8 Å². The number of benzene rings is 1. The van der Waals surface area contributed by atoms with Crippen molar-refractivity contribution in [2.45, 2.75) is 39.0 Å². The smallest absolute Gasteiger partial charge is 0.254 e. The Morgan fingerprint density at radius 1 is 1.15 bits per heavy atom. The van der Waals surface area contributed by atoms with E-state index in [-0.39, 0.29) is 5.91 Å². The second kappa shape index (κ2) is 7.53. The number of halogens is 1. The molecule has 0 saturated carbocycles. The van der Waals surface area contributed by atoms with Crippen molar-refractivity contribution in [1.29, 1.82) is 0 Å². The zero-order valence-corrected chi connectivity index (χ0v) is 16.2. The van der Waals surface area contributed by atoms with Gasteiger partial charge in [-0.3, -0.25) is 14.7 Å². The molecular formula is C21H26ClN3O. The fourth-order valence-electron chi connectivity index (χ4n) is 4.17. The van der Waals surface area contributed by atoms with Crippen LogP contribution in [0.2, 0.25) is 5.02 Å². The molecule has 2 aromatic rings. The number of amides is 1. The summed E-state index contributed by atoms with van der Waals surface area (Å²) in [6.45, 7) is 6.84. The number of hydrogen-bond acceptors (Lipinski definition) is 3. The Kier molecular flexibility index (Phi) is 5.14. The molecule has 0 unspecified atom stereocenters. The van der Waals surface area contributed by atoms with Crippen LogP contribution in [0.15, 0.2) is 18.2 Å². The van der Waals surface area contributed by atoms with Crippen molar-refractivity contribution in [2.75, 3.05) is 32.7 Å². The molecule has 1 amide bonds. The van der Waals surface area contributed by atoms with Crippen LogP contribution in [0.4, 0.5) is 0 Å². The van der Waals surface area contributed by atoms with E-state index in [2.05, 4.69) is 11.8 Å². The van der Waals surface area contributed by atoms with E-state index in [4.69, 9.17) is 16.6 Å². The van der Waals surface area contributed by atoms with Crippen LogP contribution < -0.4 is 0 Å². The van der Waals surface area contributed by atoms with Gasteiger partial charge in [0.05, 0.1) is 10.5 Å². The van der Waals surface area contributed by atoms with E-state index in [1.165, 1.54) is 18.4 Å². The number of aromatic nitrogens is 1. The zero-order valence-electron chi connectivity index (χ0n) is 15.4. The molecular weight excluding hydrogens is 346 g/mol. The van der Waals surface area contributed by atoms with Gasteiger partial charge in [0.1, 0.15) is 0 Å². The molecule has 26 heavy (non-hydrogen) atoms. The minimum atomic E-state index is 0.110. The third-order valence-corrected chi connectivity index (χ3v) is 6.07. The summed E-state index contributed by atoms with van der Waals surface area (Å²) in [5.41, 5.74) is 3.90. The summed E-state index contributed by atoms with van der Waals surface area (Å²) in [6.07, 6.45) is 5.51. The lowest BCUT2D eigenvalue weighted by atomic mass is 9.94. The van der Waals surface area contributed by atoms with Crippen molar-refractivity contribution in [2.24, 2.45) is 0 Å². The second-order valence-corrected chi connectivity index (χ2v) is 7.80. The molecule has 0 atom stereocenters. The summed E-state index contributed by atoms with van der Waals surface area (Å²) in [7, 11) is 0. The van der Waals surface area contributed by atoms with Crippen molar-refractivity contribution in [3.8, 4) is 0 Å². The molecule has 0 spiro atoms. The standard InChI is InChI=1S/C21H26ClN3O/c1-2-9-24-10-12-25(13-11-24)21(26)15-7-8-17-19(14-15)23-18-6-4-3-5-16(18)20(17)22/h7-8,14H,2-6,9-13H2,1H3. The van der Waals surface area contributed by atoms with Gasteiger partial charge in [-0.05, 0) is 56.3 Å². The number of nitrogens with zero attached hydrogens (tertiary/aromatic N) is 3. The van der Waals surface area contributed by atoms with Crippen LogP contribution in [0.3, 0.4) is 0 Å². The first kappa shape index (κ1) is 17.7. The number of hydrogen-bond donors (Lipinski definition) is 0. The van der Waals surface area contributed by atoms with Gasteiger partial charge in [0.25, 0.3) is 5.91 Å². The molecule has 5 heteroatoms. The van der Waals surface area contributed by atoms with Crippen LogP contribution in [-0.4, -0.2) is 53.4 Å². The SMILES string of the molecule is CCCN1CCN(C(=O)c2ccc3c(Cl)c4c(nc3c2)CCCC4)CC1. The van der Waals surface area contributed by atoms with Crippen molar-refractivity contribution in [3.05, 3.63) is 40.0 Å². The highest BCUT2D eigenvalue weighted by molar-refractivity contribution is 6.36. The lowest BCUT2D eigenvalue weighted by Gasteiger charge is -2.34. The van der Waals surface area contributed by atoms with Gasteiger partial charge in [-0.15, -0.1) is 0 Å². The molecule has 1 aliphatic heterocycles. The molecule has 4 rings (SSSR count). The van der Waals surface area contributed by atoms with Gasteiger partial charge in [-0.2, -0.15) is 0 Å². The van der Waals surface area contributed by atoms with Crippen molar-refractivity contribution in [3.63, 3.8) is 0 Å². The first-order valence-corrected chi connectivity index (χ1v) is 10.2. The molecule has 0 bridgehead atoms. The van der Waals surface area contributed by atoms with E-state index >= 15 is 0 Å². The van der Waals surface area contributed by atoms with Gasteiger partial charge >= 0.3 is 0 Å². The number of carbonyl (C=O) groups excluding carboxylic acids is 1. The summed E-state index contributed by atoms with van der Waals surface area (Å²) in [4.78, 5) is 22.2. The normalized spacial score (nSPS) is 18.2. The van der Waals surface area contributed by atoms with Crippen LogP contribution >= 0.6 is 11.6 Å². The number of pyridine rings is 1. The fourth-order valence-corrected chi connectivity index (χ4v) is 4.54. The Hall–Kier alpha value is -1.65. The van der Waals surface area contributed by atoms with Crippen molar-refractivity contribution < 1.29 is 4.79 Å². The third-order valence-electron chi connectivity index (χ3n) is 5.64. The summed E-state index contributed by atoms with van der Waals surface area (Å²) in [5.74, 6) is 0.110. The molecule has 138 valence electrons. The topological polar surface area (TPSA) is 36.4 Å².